The van der Waals surface area contributed by atoms with Crippen LogP contribution >= 0.6 is 0 Å². The molecule has 1 heterocycles. The van der Waals surface area contributed by atoms with Crippen LogP contribution in [0.2, 0.25) is 0 Å². The molecule has 3 rings (SSSR count). The molecule has 0 aliphatic carbocycles. The van der Waals surface area contributed by atoms with Gasteiger partial charge in [-0.2, -0.15) is 0 Å². The Morgan fingerprint density at radius 3 is 2.67 bits per heavy atom. The fourth-order valence-corrected chi connectivity index (χ4v) is 3.24. The maximum atomic E-state index is 13.9. The van der Waals surface area contributed by atoms with Gasteiger partial charge in [-0.3, -0.25) is 10.1 Å². The highest BCUT2D eigenvalue weighted by atomic mass is 19.1. The van der Waals surface area contributed by atoms with E-state index < -0.39 is 10.7 Å². The molecule has 0 unspecified atom stereocenters. The summed E-state index contributed by atoms with van der Waals surface area (Å²) >= 11 is 0. The third-order valence-electron chi connectivity index (χ3n) is 4.61. The van der Waals surface area contributed by atoms with E-state index in [1.165, 1.54) is 13.2 Å². The largest absolute Gasteiger partial charge is 0.494 e. The van der Waals surface area contributed by atoms with Crippen molar-refractivity contribution in [1.29, 1.82) is 0 Å². The zero-order valence-corrected chi connectivity index (χ0v) is 15.4. The normalized spacial score (nSPS) is 14.1. The molecule has 2 aromatic carbocycles. The fraction of sp³-hybridized carbons (Fsp3) is 0.368. The number of nitro groups is 1. The number of methoxy groups -OCH3 is 1. The number of hydrogen-bond acceptors (Lipinski definition) is 6. The lowest BCUT2D eigenvalue weighted by molar-refractivity contribution is -0.384. The Kier molecular flexibility index (Phi) is 5.75. The lowest BCUT2D eigenvalue weighted by Gasteiger charge is -2.31. The Morgan fingerprint density at radius 2 is 2.00 bits per heavy atom. The van der Waals surface area contributed by atoms with Crippen molar-refractivity contribution < 1.29 is 18.8 Å². The molecule has 2 aromatic rings. The van der Waals surface area contributed by atoms with Crippen molar-refractivity contribution in [3.05, 3.63) is 57.9 Å². The standard InChI is InChI=1S/C19H22FN3O4/c1-21(17-12-19(26-2)15(20)11-18(17)23(24)25)13-14-5-3-4-6-16(14)22-7-9-27-10-8-22/h3-6,11-12H,7-10,13H2,1-2H3. The molecule has 0 saturated carbocycles. The molecule has 7 nitrogen and oxygen atoms in total. The summed E-state index contributed by atoms with van der Waals surface area (Å²) in [4.78, 5) is 14.8. The van der Waals surface area contributed by atoms with E-state index in [1.54, 1.807) is 11.9 Å². The van der Waals surface area contributed by atoms with Crippen molar-refractivity contribution in [2.45, 2.75) is 6.54 Å². The first-order valence-electron chi connectivity index (χ1n) is 8.65. The molecule has 0 spiro atoms. The van der Waals surface area contributed by atoms with Gasteiger partial charge in [-0.15, -0.1) is 0 Å². The summed E-state index contributed by atoms with van der Waals surface area (Å²) in [6.45, 7) is 3.37. The molecular weight excluding hydrogens is 353 g/mol. The summed E-state index contributed by atoms with van der Waals surface area (Å²) in [5.41, 5.74) is 2.11. The Morgan fingerprint density at radius 1 is 1.30 bits per heavy atom. The van der Waals surface area contributed by atoms with Gasteiger partial charge in [-0.25, -0.2) is 4.39 Å². The average Bonchev–Trinajstić information content (AvgIpc) is 2.68. The van der Waals surface area contributed by atoms with E-state index in [4.69, 9.17) is 9.47 Å². The van der Waals surface area contributed by atoms with Gasteiger partial charge < -0.3 is 19.3 Å². The zero-order valence-electron chi connectivity index (χ0n) is 15.4. The number of nitrogens with zero attached hydrogens (tertiary/aromatic N) is 3. The first kappa shape index (κ1) is 18.9. The average molecular weight is 375 g/mol. The SMILES string of the molecule is COc1cc(N(C)Cc2ccccc2N2CCOCC2)c([N+](=O)[O-])cc1F. The molecule has 0 aromatic heterocycles. The summed E-state index contributed by atoms with van der Waals surface area (Å²) in [6.07, 6.45) is 0. The topological polar surface area (TPSA) is 68.1 Å². The lowest BCUT2D eigenvalue weighted by Crippen LogP contribution is -2.37. The van der Waals surface area contributed by atoms with Gasteiger partial charge in [-0.1, -0.05) is 18.2 Å². The van der Waals surface area contributed by atoms with Gasteiger partial charge in [0.2, 0.25) is 0 Å². The number of hydrogen-bond donors (Lipinski definition) is 0. The molecule has 0 N–H and O–H groups in total. The number of halogens is 1. The van der Waals surface area contributed by atoms with Crippen molar-refractivity contribution in [2.75, 3.05) is 50.3 Å². The van der Waals surface area contributed by atoms with Crippen LogP contribution in [0.3, 0.4) is 0 Å². The van der Waals surface area contributed by atoms with E-state index >= 15 is 0 Å². The van der Waals surface area contributed by atoms with Crippen LogP contribution < -0.4 is 14.5 Å². The number of benzene rings is 2. The number of rotatable bonds is 6. The molecule has 0 bridgehead atoms. The Labute approximate surface area is 157 Å². The third-order valence-corrected chi connectivity index (χ3v) is 4.61. The second kappa shape index (κ2) is 8.22. The first-order chi connectivity index (χ1) is 13.0. The molecule has 1 saturated heterocycles. The smallest absolute Gasteiger partial charge is 0.295 e. The molecule has 1 fully saturated rings. The second-order valence-electron chi connectivity index (χ2n) is 6.32. The Bertz CT molecular complexity index is 825. The Hall–Kier alpha value is -2.87. The van der Waals surface area contributed by atoms with Gasteiger partial charge in [0, 0.05) is 38.4 Å². The maximum Gasteiger partial charge on any atom is 0.295 e. The van der Waals surface area contributed by atoms with E-state index in [1.807, 2.05) is 24.3 Å². The van der Waals surface area contributed by atoms with Crippen molar-refractivity contribution in [3.8, 4) is 5.75 Å². The number of morpholine rings is 1. The van der Waals surface area contributed by atoms with Crippen molar-refractivity contribution in [3.63, 3.8) is 0 Å². The highest BCUT2D eigenvalue weighted by Crippen LogP contribution is 2.35. The lowest BCUT2D eigenvalue weighted by atomic mass is 10.1. The summed E-state index contributed by atoms with van der Waals surface area (Å²) < 4.78 is 24.3. The zero-order chi connectivity index (χ0) is 19.4. The quantitative estimate of drug-likeness (QED) is 0.570. The van der Waals surface area contributed by atoms with E-state index in [2.05, 4.69) is 4.90 Å². The van der Waals surface area contributed by atoms with Crippen LogP contribution in [0.1, 0.15) is 5.56 Å². The van der Waals surface area contributed by atoms with E-state index in [-0.39, 0.29) is 11.4 Å². The summed E-state index contributed by atoms with van der Waals surface area (Å²) in [6, 6.07) is 10.2. The molecule has 144 valence electrons. The highest BCUT2D eigenvalue weighted by molar-refractivity contribution is 5.67. The van der Waals surface area contributed by atoms with Crippen LogP contribution in [0, 0.1) is 15.9 Å². The second-order valence-corrected chi connectivity index (χ2v) is 6.32. The van der Waals surface area contributed by atoms with Crippen LogP contribution in [0.15, 0.2) is 36.4 Å². The molecule has 0 atom stereocenters. The van der Waals surface area contributed by atoms with Gasteiger partial charge in [0.1, 0.15) is 5.69 Å². The molecule has 1 aliphatic heterocycles. The minimum atomic E-state index is -0.755. The molecule has 0 amide bonds. The predicted molar refractivity (Wildman–Crippen MR) is 101 cm³/mol. The molecular formula is C19H22FN3O4. The highest BCUT2D eigenvalue weighted by Gasteiger charge is 2.23. The van der Waals surface area contributed by atoms with Gasteiger partial charge in [0.25, 0.3) is 5.69 Å². The van der Waals surface area contributed by atoms with Gasteiger partial charge >= 0.3 is 0 Å². The summed E-state index contributed by atoms with van der Waals surface area (Å²) in [5.74, 6) is -0.779. The maximum absolute atomic E-state index is 13.9. The summed E-state index contributed by atoms with van der Waals surface area (Å²) in [5, 5.41) is 11.4. The van der Waals surface area contributed by atoms with Crippen LogP contribution in [0.25, 0.3) is 0 Å². The van der Waals surface area contributed by atoms with Crippen LogP contribution in [-0.2, 0) is 11.3 Å². The fourth-order valence-electron chi connectivity index (χ4n) is 3.24. The van der Waals surface area contributed by atoms with Gasteiger partial charge in [-0.05, 0) is 11.6 Å². The van der Waals surface area contributed by atoms with Crippen LogP contribution in [-0.4, -0.2) is 45.4 Å². The monoisotopic (exact) mass is 375 g/mol. The molecule has 27 heavy (non-hydrogen) atoms. The van der Waals surface area contributed by atoms with E-state index in [9.17, 15) is 14.5 Å². The molecule has 8 heteroatoms. The summed E-state index contributed by atoms with van der Waals surface area (Å²) in [7, 11) is 3.08. The number of para-hydroxylation sites is 1. The van der Waals surface area contributed by atoms with E-state index in [0.717, 1.165) is 30.4 Å². The number of ether oxygens (including phenoxy) is 2. The molecule has 1 aliphatic rings. The third kappa shape index (κ3) is 4.11. The van der Waals surface area contributed by atoms with E-state index in [0.29, 0.717) is 25.4 Å². The van der Waals surface area contributed by atoms with Crippen molar-refractivity contribution >= 4 is 17.1 Å². The van der Waals surface area contributed by atoms with Crippen molar-refractivity contribution in [2.24, 2.45) is 0 Å². The van der Waals surface area contributed by atoms with Gasteiger partial charge in [0.05, 0.1) is 31.3 Å². The van der Waals surface area contributed by atoms with Crippen LogP contribution in [0.5, 0.6) is 5.75 Å². The minimum Gasteiger partial charge on any atom is -0.494 e. The molecule has 0 radical (unpaired) electrons. The van der Waals surface area contributed by atoms with Crippen molar-refractivity contribution in [1.82, 2.24) is 0 Å². The predicted octanol–water partition coefficient (Wildman–Crippen LogP) is 3.22. The van der Waals surface area contributed by atoms with Gasteiger partial charge in [0.15, 0.2) is 11.6 Å². The van der Waals surface area contributed by atoms with Crippen LogP contribution in [0.4, 0.5) is 21.5 Å². The number of nitro benzene ring substituents is 1. The minimum absolute atomic E-state index is 0.0242. The Balaban J connectivity index is 1.92. The number of anilines is 2. The first-order valence-corrected chi connectivity index (χ1v) is 8.65.